The molecular weight excluding hydrogens is 390 g/mol. The molecule has 26 heavy (non-hydrogen) atoms. The molecule has 3 atom stereocenters. The Morgan fingerprint density at radius 3 is 3.00 bits per heavy atom. The van der Waals surface area contributed by atoms with Crippen LogP contribution < -0.4 is 5.32 Å². The van der Waals surface area contributed by atoms with E-state index in [9.17, 15) is 4.79 Å². The van der Waals surface area contributed by atoms with Crippen LogP contribution in [0.1, 0.15) is 44.4 Å². The summed E-state index contributed by atoms with van der Waals surface area (Å²) in [4.78, 5) is 19.4. The SMILES string of the molecule is CC1(C)c2[nH]c3cc(Br)ccc3c2C[C@@]23CN4CCCC4(CC12)C(=O)N3. The zero-order valence-corrected chi connectivity index (χ0v) is 16.9. The Labute approximate surface area is 161 Å². The zero-order valence-electron chi connectivity index (χ0n) is 15.3. The van der Waals surface area contributed by atoms with Crippen LogP contribution in [0.3, 0.4) is 0 Å². The average molecular weight is 414 g/mol. The van der Waals surface area contributed by atoms with Crippen molar-refractivity contribution in [1.82, 2.24) is 15.2 Å². The van der Waals surface area contributed by atoms with Gasteiger partial charge in [-0.2, -0.15) is 0 Å². The molecule has 4 fully saturated rings. The number of hydrogen-bond acceptors (Lipinski definition) is 2. The quantitative estimate of drug-likeness (QED) is 0.694. The predicted molar refractivity (Wildman–Crippen MR) is 105 cm³/mol. The molecule has 4 saturated heterocycles. The fourth-order valence-electron chi connectivity index (χ4n) is 6.82. The van der Waals surface area contributed by atoms with Gasteiger partial charge in [0, 0.05) is 33.0 Å². The van der Waals surface area contributed by atoms with Crippen molar-refractivity contribution in [2.24, 2.45) is 5.92 Å². The Bertz CT molecular complexity index is 979. The van der Waals surface area contributed by atoms with E-state index in [1.54, 1.807) is 0 Å². The average Bonchev–Trinajstić information content (AvgIpc) is 3.15. The number of piperazine rings is 1. The highest BCUT2D eigenvalue weighted by molar-refractivity contribution is 9.10. The number of carbonyl (C=O) groups is 1. The van der Waals surface area contributed by atoms with Crippen LogP contribution in [0.15, 0.2) is 22.7 Å². The lowest BCUT2D eigenvalue weighted by Crippen LogP contribution is -2.82. The number of aromatic amines is 1. The van der Waals surface area contributed by atoms with Crippen molar-refractivity contribution in [3.63, 3.8) is 0 Å². The number of nitrogens with one attached hydrogen (secondary N) is 2. The summed E-state index contributed by atoms with van der Waals surface area (Å²) in [6.45, 7) is 6.85. The van der Waals surface area contributed by atoms with Crippen LogP contribution in [0, 0.1) is 5.92 Å². The summed E-state index contributed by atoms with van der Waals surface area (Å²) in [5.41, 5.74) is 3.64. The lowest BCUT2D eigenvalue weighted by molar-refractivity contribution is -0.160. The maximum Gasteiger partial charge on any atom is 0.241 e. The van der Waals surface area contributed by atoms with Gasteiger partial charge in [-0.05, 0) is 55.8 Å². The molecule has 2 spiro atoms. The van der Waals surface area contributed by atoms with E-state index in [2.05, 4.69) is 63.2 Å². The van der Waals surface area contributed by atoms with E-state index in [0.29, 0.717) is 11.8 Å². The van der Waals surface area contributed by atoms with E-state index in [1.165, 1.54) is 22.2 Å². The molecule has 5 heterocycles. The van der Waals surface area contributed by atoms with Crippen molar-refractivity contribution >= 4 is 32.7 Å². The second-order valence-electron chi connectivity index (χ2n) is 9.49. The molecule has 2 aromatic rings. The summed E-state index contributed by atoms with van der Waals surface area (Å²) in [5.74, 6) is 0.769. The number of benzene rings is 1. The van der Waals surface area contributed by atoms with E-state index in [0.717, 1.165) is 43.2 Å². The first-order valence-electron chi connectivity index (χ1n) is 9.74. The van der Waals surface area contributed by atoms with Gasteiger partial charge in [-0.25, -0.2) is 0 Å². The van der Waals surface area contributed by atoms with Gasteiger partial charge in [0.15, 0.2) is 0 Å². The number of H-pyrrole nitrogens is 1. The van der Waals surface area contributed by atoms with Gasteiger partial charge in [-0.1, -0.05) is 35.8 Å². The monoisotopic (exact) mass is 413 g/mol. The minimum absolute atomic E-state index is 0.0223. The highest BCUT2D eigenvalue weighted by atomic mass is 79.9. The number of hydrogen-bond donors (Lipinski definition) is 2. The number of aromatic nitrogens is 1. The maximum absolute atomic E-state index is 13.1. The van der Waals surface area contributed by atoms with Crippen LogP contribution in [0.25, 0.3) is 10.9 Å². The molecule has 0 saturated carbocycles. The first-order chi connectivity index (χ1) is 12.4. The number of carbonyl (C=O) groups excluding carboxylic acids is 1. The molecule has 2 bridgehead atoms. The fraction of sp³-hybridized carbons (Fsp3) is 0.571. The van der Waals surface area contributed by atoms with Gasteiger partial charge in [0.25, 0.3) is 0 Å². The first kappa shape index (κ1) is 15.7. The van der Waals surface area contributed by atoms with E-state index in [1.807, 2.05) is 0 Å². The molecule has 2 unspecified atom stereocenters. The smallest absolute Gasteiger partial charge is 0.241 e. The van der Waals surface area contributed by atoms with Crippen LogP contribution in [-0.2, 0) is 16.6 Å². The zero-order chi connectivity index (χ0) is 17.9. The largest absolute Gasteiger partial charge is 0.358 e. The van der Waals surface area contributed by atoms with Crippen LogP contribution in [0.4, 0.5) is 0 Å². The summed E-state index contributed by atoms with van der Waals surface area (Å²) in [6.07, 6.45) is 4.12. The summed E-state index contributed by atoms with van der Waals surface area (Å²) in [6, 6.07) is 6.52. The van der Waals surface area contributed by atoms with Gasteiger partial charge >= 0.3 is 0 Å². The topological polar surface area (TPSA) is 48.1 Å². The van der Waals surface area contributed by atoms with Crippen LogP contribution in [0.2, 0.25) is 0 Å². The van der Waals surface area contributed by atoms with Gasteiger partial charge in [-0.3, -0.25) is 9.69 Å². The highest BCUT2D eigenvalue weighted by Gasteiger charge is 2.68. The molecule has 1 aromatic carbocycles. The van der Waals surface area contributed by atoms with Crippen molar-refractivity contribution in [2.75, 3.05) is 13.1 Å². The Morgan fingerprint density at radius 1 is 1.31 bits per heavy atom. The molecule has 1 aromatic heterocycles. The fourth-order valence-corrected chi connectivity index (χ4v) is 7.18. The molecule has 4 aliphatic heterocycles. The second kappa shape index (κ2) is 4.56. The predicted octanol–water partition coefficient (Wildman–Crippen LogP) is 3.49. The van der Waals surface area contributed by atoms with Crippen LogP contribution in [-0.4, -0.2) is 40.0 Å². The molecule has 5 heteroatoms. The van der Waals surface area contributed by atoms with Gasteiger partial charge in [0.1, 0.15) is 5.54 Å². The third-order valence-corrected chi connectivity index (χ3v) is 8.46. The Morgan fingerprint density at radius 2 is 2.15 bits per heavy atom. The number of piperidine rings is 2. The summed E-state index contributed by atoms with van der Waals surface area (Å²) in [7, 11) is 0. The molecule has 1 amide bonds. The van der Waals surface area contributed by atoms with E-state index in [4.69, 9.17) is 0 Å². The van der Waals surface area contributed by atoms with E-state index >= 15 is 0 Å². The minimum Gasteiger partial charge on any atom is -0.358 e. The Kier molecular flexibility index (Phi) is 2.75. The second-order valence-corrected chi connectivity index (χ2v) is 10.4. The molecule has 1 aliphatic carbocycles. The molecule has 7 rings (SSSR count). The molecular formula is C21H24BrN3O. The lowest BCUT2D eigenvalue weighted by Gasteiger charge is -2.65. The lowest BCUT2D eigenvalue weighted by atomic mass is 9.51. The van der Waals surface area contributed by atoms with Gasteiger partial charge in [-0.15, -0.1) is 0 Å². The number of nitrogens with zero attached hydrogens (tertiary/aromatic N) is 1. The number of rotatable bonds is 0. The molecule has 0 radical (unpaired) electrons. The number of amides is 1. The van der Waals surface area contributed by atoms with Crippen molar-refractivity contribution in [1.29, 1.82) is 0 Å². The summed E-state index contributed by atoms with van der Waals surface area (Å²) >= 11 is 3.60. The Balaban J connectivity index is 1.59. The van der Waals surface area contributed by atoms with Crippen LogP contribution in [0.5, 0.6) is 0 Å². The molecule has 136 valence electrons. The van der Waals surface area contributed by atoms with Crippen molar-refractivity contribution in [3.8, 4) is 0 Å². The third kappa shape index (κ3) is 1.64. The number of fused-ring (bicyclic) bond motifs is 4. The van der Waals surface area contributed by atoms with Crippen molar-refractivity contribution < 1.29 is 4.79 Å². The number of halogens is 1. The van der Waals surface area contributed by atoms with Crippen molar-refractivity contribution in [3.05, 3.63) is 33.9 Å². The van der Waals surface area contributed by atoms with Gasteiger partial charge in [0.05, 0.1) is 5.54 Å². The summed E-state index contributed by atoms with van der Waals surface area (Å²) in [5, 5.41) is 4.86. The highest BCUT2D eigenvalue weighted by Crippen LogP contribution is 2.58. The van der Waals surface area contributed by atoms with Gasteiger partial charge in [0.2, 0.25) is 5.91 Å². The van der Waals surface area contributed by atoms with E-state index < -0.39 is 0 Å². The standard InChI is InChI=1S/C21H24BrN3O/c1-19(2)16-10-21-6-3-7-25(21)11-20(16,24-18(21)26)9-14-13-5-4-12(22)8-15(13)23-17(14)19/h4-5,8,16,23H,3,6-7,9-11H2,1-2H3,(H,24,26)/t16?,20-,21?/m1/s1. The molecule has 4 nitrogen and oxygen atoms in total. The normalized spacial score (nSPS) is 37.3. The summed E-state index contributed by atoms with van der Waals surface area (Å²) < 4.78 is 1.10. The van der Waals surface area contributed by atoms with Crippen LogP contribution >= 0.6 is 15.9 Å². The van der Waals surface area contributed by atoms with Crippen molar-refractivity contribution in [2.45, 2.75) is 56.0 Å². The molecule has 5 aliphatic rings. The molecule has 2 N–H and O–H groups in total. The maximum atomic E-state index is 13.1. The van der Waals surface area contributed by atoms with Gasteiger partial charge < -0.3 is 10.3 Å². The minimum atomic E-state index is -0.240. The third-order valence-electron chi connectivity index (χ3n) is 7.97. The Hall–Kier alpha value is -1.33. The first-order valence-corrected chi connectivity index (χ1v) is 10.5. The van der Waals surface area contributed by atoms with E-state index in [-0.39, 0.29) is 16.5 Å².